The standard InChI is InChI=1S/C42H53NO9/c1-25-31-23-42(40(5,6)48)24-34(49-27(3)44)26(2)36(42)37(52-39(47)30-18-14-11-15-19-30)38(50-28(4)45)41(31,7)21-20-33(25)51-35(46)22-32(43(8)9)29-16-12-10-13-17-29/h10-19,31-34,37-38,48H,1,20-24H2,2-9H3/t31?,32-,33+,34+,37-,38+,41-,42+/m1/s1. The summed E-state index contributed by atoms with van der Waals surface area (Å²) in [5.41, 5.74) is -0.305. The minimum atomic E-state index is -1.44. The first-order chi connectivity index (χ1) is 24.4. The molecule has 1 N–H and O–H groups in total. The molecule has 280 valence electrons. The fourth-order valence-corrected chi connectivity index (χ4v) is 9.01. The van der Waals surface area contributed by atoms with E-state index in [1.165, 1.54) is 13.8 Å². The first kappa shape index (κ1) is 38.9. The van der Waals surface area contributed by atoms with E-state index in [1.807, 2.05) is 63.2 Å². The number of carbonyl (C=O) groups excluding carboxylic acids is 4. The molecule has 2 fully saturated rings. The van der Waals surface area contributed by atoms with Crippen LogP contribution >= 0.6 is 0 Å². The van der Waals surface area contributed by atoms with Crippen molar-refractivity contribution >= 4 is 23.9 Å². The molecule has 10 nitrogen and oxygen atoms in total. The fourth-order valence-electron chi connectivity index (χ4n) is 9.01. The van der Waals surface area contributed by atoms with Crippen molar-refractivity contribution in [2.45, 2.75) is 110 Å². The second-order valence-corrected chi connectivity index (χ2v) is 15.7. The van der Waals surface area contributed by atoms with Crippen molar-refractivity contribution < 1.29 is 43.2 Å². The normalized spacial score (nSPS) is 29.3. The van der Waals surface area contributed by atoms with Crippen molar-refractivity contribution in [1.82, 2.24) is 4.90 Å². The minimum Gasteiger partial charge on any atom is -0.458 e. The maximum Gasteiger partial charge on any atom is 0.338 e. The molecule has 2 saturated carbocycles. The van der Waals surface area contributed by atoms with E-state index in [0.717, 1.165) is 5.56 Å². The summed E-state index contributed by atoms with van der Waals surface area (Å²) in [5.74, 6) is -2.54. The molecule has 0 amide bonds. The smallest absolute Gasteiger partial charge is 0.338 e. The van der Waals surface area contributed by atoms with Crippen LogP contribution in [0.2, 0.25) is 0 Å². The average molecular weight is 716 g/mol. The molecule has 0 saturated heterocycles. The Labute approximate surface area is 307 Å². The van der Waals surface area contributed by atoms with E-state index in [4.69, 9.17) is 18.9 Å². The lowest BCUT2D eigenvalue weighted by Crippen LogP contribution is -2.52. The van der Waals surface area contributed by atoms with E-state index in [9.17, 15) is 24.3 Å². The first-order valence-electron chi connectivity index (χ1n) is 18.0. The zero-order chi connectivity index (χ0) is 38.2. The van der Waals surface area contributed by atoms with Crippen LogP contribution in [0.3, 0.4) is 0 Å². The van der Waals surface area contributed by atoms with Gasteiger partial charge in [0.2, 0.25) is 0 Å². The number of nitrogens with zero attached hydrogens (tertiary/aromatic N) is 1. The summed E-state index contributed by atoms with van der Waals surface area (Å²) >= 11 is 0. The molecule has 5 rings (SSSR count). The molecule has 3 aliphatic rings. The molecule has 2 aromatic carbocycles. The van der Waals surface area contributed by atoms with Gasteiger partial charge in [-0.25, -0.2) is 4.79 Å². The third kappa shape index (κ3) is 7.46. The lowest BCUT2D eigenvalue weighted by Gasteiger charge is -2.50. The third-order valence-electron chi connectivity index (χ3n) is 11.8. The quantitative estimate of drug-likeness (QED) is 0.165. The van der Waals surface area contributed by atoms with Crippen LogP contribution < -0.4 is 0 Å². The second-order valence-electron chi connectivity index (χ2n) is 15.7. The molecule has 0 aromatic heterocycles. The predicted octanol–water partition coefficient (Wildman–Crippen LogP) is 6.53. The Morgan fingerprint density at radius 1 is 0.904 bits per heavy atom. The second kappa shape index (κ2) is 15.0. The van der Waals surface area contributed by atoms with Crippen LogP contribution in [-0.4, -0.2) is 78.0 Å². The largest absolute Gasteiger partial charge is 0.458 e. The Hall–Kier alpha value is -4.28. The van der Waals surface area contributed by atoms with E-state index >= 15 is 0 Å². The van der Waals surface area contributed by atoms with Gasteiger partial charge in [0.15, 0.2) is 6.10 Å². The SMILES string of the molecule is C=C1C2C[C@]3(C(C)(C)O)C[C@H](OC(C)=O)C(C)=C3[C@@H](OC(=O)c3ccccc3)[C@H](OC(C)=O)[C@]2(C)CC[C@@H]1OC(=O)C[C@H](c1ccccc1)N(C)C. The number of benzene rings is 2. The Morgan fingerprint density at radius 3 is 2.06 bits per heavy atom. The zero-order valence-electron chi connectivity index (χ0n) is 31.6. The van der Waals surface area contributed by atoms with Crippen LogP contribution in [0.4, 0.5) is 0 Å². The average Bonchev–Trinajstić information content (AvgIpc) is 3.31. The molecule has 3 aliphatic carbocycles. The van der Waals surface area contributed by atoms with Gasteiger partial charge in [-0.05, 0) is 94.5 Å². The van der Waals surface area contributed by atoms with Crippen molar-refractivity contribution in [2.24, 2.45) is 16.7 Å². The summed E-state index contributed by atoms with van der Waals surface area (Å²) < 4.78 is 24.7. The highest BCUT2D eigenvalue weighted by Crippen LogP contribution is 2.65. The van der Waals surface area contributed by atoms with Crippen LogP contribution in [-0.2, 0) is 33.3 Å². The highest BCUT2D eigenvalue weighted by atomic mass is 16.6. The molecule has 0 heterocycles. The van der Waals surface area contributed by atoms with E-state index in [-0.39, 0.29) is 31.3 Å². The number of fused-ring (bicyclic) bond motifs is 2. The van der Waals surface area contributed by atoms with Gasteiger partial charge in [0, 0.05) is 37.1 Å². The van der Waals surface area contributed by atoms with Gasteiger partial charge < -0.3 is 29.0 Å². The number of aliphatic hydroxyl groups is 1. The maximum absolute atomic E-state index is 13.9. The molecular weight excluding hydrogens is 662 g/mol. The van der Waals surface area contributed by atoms with Crippen LogP contribution in [0.5, 0.6) is 0 Å². The van der Waals surface area contributed by atoms with Gasteiger partial charge in [-0.3, -0.25) is 14.4 Å². The van der Waals surface area contributed by atoms with E-state index in [2.05, 4.69) is 6.58 Å². The fraction of sp³-hybridized carbons (Fsp3) is 0.524. The van der Waals surface area contributed by atoms with Gasteiger partial charge in [-0.2, -0.15) is 0 Å². The Balaban J connectivity index is 1.60. The number of esters is 4. The van der Waals surface area contributed by atoms with Crippen molar-refractivity contribution in [2.75, 3.05) is 14.1 Å². The van der Waals surface area contributed by atoms with Crippen LogP contribution in [0, 0.1) is 16.7 Å². The van der Waals surface area contributed by atoms with Gasteiger partial charge >= 0.3 is 23.9 Å². The number of carbonyl (C=O) groups is 4. The van der Waals surface area contributed by atoms with Crippen molar-refractivity contribution in [3.63, 3.8) is 0 Å². The molecule has 10 heteroatoms. The maximum atomic E-state index is 13.9. The summed E-state index contributed by atoms with van der Waals surface area (Å²) in [7, 11) is 3.84. The van der Waals surface area contributed by atoms with Crippen LogP contribution in [0.25, 0.3) is 0 Å². The summed E-state index contributed by atoms with van der Waals surface area (Å²) in [6.07, 6.45) is -2.09. The van der Waals surface area contributed by atoms with Gasteiger partial charge in [0.25, 0.3) is 0 Å². The van der Waals surface area contributed by atoms with E-state index in [0.29, 0.717) is 35.1 Å². The monoisotopic (exact) mass is 715 g/mol. The lowest BCUT2D eigenvalue weighted by molar-refractivity contribution is -0.169. The van der Waals surface area contributed by atoms with Crippen molar-refractivity contribution in [3.05, 3.63) is 95.1 Å². The highest BCUT2D eigenvalue weighted by Gasteiger charge is 2.66. The van der Waals surface area contributed by atoms with Gasteiger partial charge in [0.05, 0.1) is 17.6 Å². The third-order valence-corrected chi connectivity index (χ3v) is 11.8. The first-order valence-corrected chi connectivity index (χ1v) is 18.0. The molecule has 0 spiro atoms. The number of ether oxygens (including phenoxy) is 4. The summed E-state index contributed by atoms with van der Waals surface area (Å²) in [4.78, 5) is 54.9. The van der Waals surface area contributed by atoms with Gasteiger partial charge in [0.1, 0.15) is 18.3 Å². The summed E-state index contributed by atoms with van der Waals surface area (Å²) in [6, 6.07) is 18.1. The topological polar surface area (TPSA) is 129 Å². The Morgan fingerprint density at radius 2 is 1.50 bits per heavy atom. The van der Waals surface area contributed by atoms with Gasteiger partial charge in [-0.15, -0.1) is 0 Å². The predicted molar refractivity (Wildman–Crippen MR) is 195 cm³/mol. The summed E-state index contributed by atoms with van der Waals surface area (Å²) in [6.45, 7) is 14.4. The van der Waals surface area contributed by atoms with Crippen LogP contribution in [0.15, 0.2) is 84.0 Å². The molecule has 2 aromatic rings. The van der Waals surface area contributed by atoms with E-state index < -0.39 is 64.7 Å². The van der Waals surface area contributed by atoms with Crippen LogP contribution in [0.1, 0.15) is 95.6 Å². The molecule has 52 heavy (non-hydrogen) atoms. The zero-order valence-corrected chi connectivity index (χ0v) is 31.6. The van der Waals surface area contributed by atoms with Gasteiger partial charge in [-0.1, -0.05) is 62.0 Å². The number of hydrogen-bond donors (Lipinski definition) is 1. The number of rotatable bonds is 10. The molecule has 0 aliphatic heterocycles. The van der Waals surface area contributed by atoms with Crippen molar-refractivity contribution in [3.8, 4) is 0 Å². The van der Waals surface area contributed by atoms with Crippen molar-refractivity contribution in [1.29, 1.82) is 0 Å². The Bertz CT molecular complexity index is 1710. The van der Waals surface area contributed by atoms with E-state index in [1.54, 1.807) is 44.2 Å². The molecule has 1 unspecified atom stereocenters. The molecule has 8 atom stereocenters. The minimum absolute atomic E-state index is 0.125. The molecule has 0 radical (unpaired) electrons. The Kier molecular flexibility index (Phi) is 11.2. The highest BCUT2D eigenvalue weighted by molar-refractivity contribution is 5.89. The summed E-state index contributed by atoms with van der Waals surface area (Å²) in [5, 5.41) is 12.2. The molecular formula is C42H53NO9. The molecule has 0 bridgehead atoms. The number of hydrogen-bond acceptors (Lipinski definition) is 10. The lowest BCUT2D eigenvalue weighted by atomic mass is 9.57.